The second-order valence-corrected chi connectivity index (χ2v) is 9.68. The van der Waals surface area contributed by atoms with Gasteiger partial charge in [0.05, 0.1) is 0 Å². The van der Waals surface area contributed by atoms with Crippen molar-refractivity contribution in [2.24, 2.45) is 0 Å². The maximum Gasteiger partial charge on any atom is 0.261 e. The Morgan fingerprint density at radius 3 is 2.09 bits per heavy atom. The number of carbonyl (C=O) groups is 2. The molecule has 174 valence electrons. The molecule has 0 aliphatic heterocycles. The van der Waals surface area contributed by atoms with Gasteiger partial charge >= 0.3 is 0 Å². The van der Waals surface area contributed by atoms with Gasteiger partial charge in [0.15, 0.2) is 6.61 Å². The average Bonchev–Trinajstić information content (AvgIpc) is 2.72. The van der Waals surface area contributed by atoms with Crippen LogP contribution in [0.25, 0.3) is 0 Å². The summed E-state index contributed by atoms with van der Waals surface area (Å²) in [5.74, 6) is 0.712. The van der Waals surface area contributed by atoms with Gasteiger partial charge in [0, 0.05) is 12.1 Å². The quantitative estimate of drug-likeness (QED) is 0.584. The third kappa shape index (κ3) is 7.70. The van der Waals surface area contributed by atoms with Crippen LogP contribution < -0.4 is 10.1 Å². The lowest BCUT2D eigenvalue weighted by Crippen LogP contribution is -2.54. The Kier molecular flexibility index (Phi) is 8.88. The Labute approximate surface area is 193 Å². The molecule has 0 saturated carbocycles. The van der Waals surface area contributed by atoms with Crippen LogP contribution in [0.2, 0.25) is 0 Å². The molecule has 0 aliphatic rings. The summed E-state index contributed by atoms with van der Waals surface area (Å²) < 4.78 is 5.79. The van der Waals surface area contributed by atoms with Crippen molar-refractivity contribution in [1.29, 1.82) is 0 Å². The highest BCUT2D eigenvalue weighted by molar-refractivity contribution is 5.88. The highest BCUT2D eigenvalue weighted by Gasteiger charge is 2.30. The van der Waals surface area contributed by atoms with E-state index in [2.05, 4.69) is 19.2 Å². The molecular weight excluding hydrogens is 400 g/mol. The number of hydrogen-bond donors (Lipinski definition) is 1. The van der Waals surface area contributed by atoms with Gasteiger partial charge < -0.3 is 15.0 Å². The first-order valence-electron chi connectivity index (χ1n) is 11.4. The van der Waals surface area contributed by atoms with Crippen LogP contribution in [0.15, 0.2) is 48.5 Å². The van der Waals surface area contributed by atoms with E-state index < -0.39 is 6.04 Å². The summed E-state index contributed by atoms with van der Waals surface area (Å²) in [7, 11) is 0. The van der Waals surface area contributed by atoms with Gasteiger partial charge in [0.25, 0.3) is 5.91 Å². The zero-order valence-electron chi connectivity index (χ0n) is 20.6. The second-order valence-electron chi connectivity index (χ2n) is 9.68. The normalized spacial score (nSPS) is 12.4. The van der Waals surface area contributed by atoms with E-state index in [1.807, 2.05) is 83.1 Å². The number of aryl methyl sites for hydroxylation is 1. The molecule has 1 N–H and O–H groups in total. The topological polar surface area (TPSA) is 58.6 Å². The maximum atomic E-state index is 13.3. The van der Waals surface area contributed by atoms with Gasteiger partial charge in [-0.05, 0) is 63.3 Å². The average molecular weight is 439 g/mol. The van der Waals surface area contributed by atoms with Crippen molar-refractivity contribution in [2.45, 2.75) is 78.9 Å². The first-order chi connectivity index (χ1) is 15.0. The minimum absolute atomic E-state index is 0.119. The van der Waals surface area contributed by atoms with Crippen LogP contribution in [0.5, 0.6) is 5.75 Å². The molecule has 0 spiro atoms. The molecule has 5 heteroatoms. The van der Waals surface area contributed by atoms with Crippen LogP contribution in [-0.4, -0.2) is 34.9 Å². The largest absolute Gasteiger partial charge is 0.484 e. The van der Waals surface area contributed by atoms with Crippen molar-refractivity contribution < 1.29 is 14.3 Å². The van der Waals surface area contributed by atoms with Crippen molar-refractivity contribution in [2.75, 3.05) is 6.61 Å². The molecule has 0 radical (unpaired) electrons. The highest BCUT2D eigenvalue weighted by atomic mass is 16.5. The molecule has 0 aliphatic carbocycles. The second kappa shape index (κ2) is 11.2. The number of nitrogens with zero attached hydrogens (tertiary/aromatic N) is 1. The van der Waals surface area contributed by atoms with Crippen molar-refractivity contribution in [3.63, 3.8) is 0 Å². The lowest BCUT2D eigenvalue weighted by molar-refractivity contribution is -0.143. The fraction of sp³-hybridized carbons (Fsp3) is 0.481. The van der Waals surface area contributed by atoms with Gasteiger partial charge in [-0.3, -0.25) is 9.59 Å². The summed E-state index contributed by atoms with van der Waals surface area (Å²) >= 11 is 0. The van der Waals surface area contributed by atoms with Crippen molar-refractivity contribution >= 4 is 11.8 Å². The van der Waals surface area contributed by atoms with E-state index >= 15 is 0 Å². The third-order valence-corrected chi connectivity index (χ3v) is 5.27. The number of ether oxygens (including phenoxy) is 1. The van der Waals surface area contributed by atoms with E-state index in [-0.39, 0.29) is 24.0 Å². The lowest BCUT2D eigenvalue weighted by Gasteiger charge is -2.33. The van der Waals surface area contributed by atoms with Crippen molar-refractivity contribution in [3.05, 3.63) is 65.2 Å². The molecule has 2 rings (SSSR count). The zero-order valence-corrected chi connectivity index (χ0v) is 20.6. The van der Waals surface area contributed by atoms with Crippen LogP contribution in [0.3, 0.4) is 0 Å². The molecule has 0 aromatic heterocycles. The Bertz CT molecular complexity index is 881. The maximum absolute atomic E-state index is 13.3. The number of nitrogens with one attached hydrogen (secondary N) is 1. The van der Waals surface area contributed by atoms with E-state index in [9.17, 15) is 9.59 Å². The lowest BCUT2D eigenvalue weighted by atomic mass is 10.0. The summed E-state index contributed by atoms with van der Waals surface area (Å²) in [6.07, 6.45) is 0.516. The smallest absolute Gasteiger partial charge is 0.261 e. The Morgan fingerprint density at radius 2 is 1.59 bits per heavy atom. The number of amides is 2. The van der Waals surface area contributed by atoms with Gasteiger partial charge in [0.1, 0.15) is 11.8 Å². The van der Waals surface area contributed by atoms with E-state index in [0.29, 0.717) is 24.6 Å². The summed E-state index contributed by atoms with van der Waals surface area (Å²) in [4.78, 5) is 27.9. The van der Waals surface area contributed by atoms with E-state index in [4.69, 9.17) is 4.74 Å². The molecule has 2 aromatic rings. The van der Waals surface area contributed by atoms with Crippen LogP contribution in [0.1, 0.15) is 70.6 Å². The third-order valence-electron chi connectivity index (χ3n) is 5.27. The summed E-state index contributed by atoms with van der Waals surface area (Å²) in [6.45, 7) is 14.3. The molecule has 0 heterocycles. The summed E-state index contributed by atoms with van der Waals surface area (Å²) in [5, 5.41) is 3.02. The highest BCUT2D eigenvalue weighted by Crippen LogP contribution is 2.19. The van der Waals surface area contributed by atoms with E-state index in [1.54, 1.807) is 4.90 Å². The molecule has 0 unspecified atom stereocenters. The first-order valence-corrected chi connectivity index (χ1v) is 11.4. The molecule has 0 fully saturated rings. The standard InChI is InChI=1S/C27H38N2O3/c1-8-24(26(31)28-27(5,6)7)29(17-21-11-9-20(4)10-12-21)25(30)18-32-23-15-13-22(14-16-23)19(2)3/h9-16,19,24H,8,17-18H2,1-7H3,(H,28,31)/t24-/m0/s1. The Morgan fingerprint density at radius 1 is 1.00 bits per heavy atom. The fourth-order valence-electron chi connectivity index (χ4n) is 3.44. The summed E-state index contributed by atoms with van der Waals surface area (Å²) in [6, 6.07) is 15.2. The van der Waals surface area contributed by atoms with Crippen LogP contribution in [0, 0.1) is 6.92 Å². The van der Waals surface area contributed by atoms with E-state index in [1.165, 1.54) is 5.56 Å². The van der Waals surface area contributed by atoms with Gasteiger partial charge in [0.2, 0.25) is 5.91 Å². The zero-order chi connectivity index (χ0) is 23.9. The van der Waals surface area contributed by atoms with Crippen LogP contribution in [-0.2, 0) is 16.1 Å². The monoisotopic (exact) mass is 438 g/mol. The molecule has 5 nitrogen and oxygen atoms in total. The molecule has 32 heavy (non-hydrogen) atoms. The predicted molar refractivity (Wildman–Crippen MR) is 130 cm³/mol. The number of benzene rings is 2. The van der Waals surface area contributed by atoms with Crippen molar-refractivity contribution in [1.82, 2.24) is 10.2 Å². The number of hydrogen-bond acceptors (Lipinski definition) is 3. The van der Waals surface area contributed by atoms with Gasteiger partial charge in [-0.25, -0.2) is 0 Å². The minimum Gasteiger partial charge on any atom is -0.484 e. The number of rotatable bonds is 9. The van der Waals surface area contributed by atoms with Crippen molar-refractivity contribution in [3.8, 4) is 5.75 Å². The minimum atomic E-state index is -0.574. The summed E-state index contributed by atoms with van der Waals surface area (Å²) in [5.41, 5.74) is 2.97. The Balaban J connectivity index is 2.20. The molecular formula is C27H38N2O3. The molecule has 1 atom stereocenters. The number of carbonyl (C=O) groups excluding carboxylic acids is 2. The first kappa shape index (κ1) is 25.4. The van der Waals surface area contributed by atoms with Gasteiger partial charge in [-0.2, -0.15) is 0 Å². The van der Waals surface area contributed by atoms with E-state index in [0.717, 1.165) is 11.1 Å². The molecule has 0 saturated heterocycles. The van der Waals surface area contributed by atoms with Crippen LogP contribution in [0.4, 0.5) is 0 Å². The predicted octanol–water partition coefficient (Wildman–Crippen LogP) is 5.22. The SMILES string of the molecule is CC[C@@H](C(=O)NC(C)(C)C)N(Cc1ccc(C)cc1)C(=O)COc1ccc(C(C)C)cc1. The van der Waals surface area contributed by atoms with Gasteiger partial charge in [-0.1, -0.05) is 62.7 Å². The molecule has 0 bridgehead atoms. The van der Waals surface area contributed by atoms with Gasteiger partial charge in [-0.15, -0.1) is 0 Å². The Hall–Kier alpha value is -2.82. The molecule has 2 amide bonds. The fourth-order valence-corrected chi connectivity index (χ4v) is 3.44. The molecule has 2 aromatic carbocycles. The van der Waals surface area contributed by atoms with Crippen LogP contribution >= 0.6 is 0 Å².